The molecule has 0 bridgehead atoms. The van der Waals surface area contributed by atoms with Crippen LogP contribution in [0.2, 0.25) is 0 Å². The lowest BCUT2D eigenvalue weighted by Gasteiger charge is -2.18. The maximum absolute atomic E-state index is 12.8. The third-order valence-electron chi connectivity index (χ3n) is 2.62. The lowest BCUT2D eigenvalue weighted by molar-refractivity contribution is -0.0384. The summed E-state index contributed by atoms with van der Waals surface area (Å²) in [5.41, 5.74) is 0.128. The number of rotatable bonds is 3. The van der Waals surface area contributed by atoms with Crippen LogP contribution in [0.4, 0.5) is 4.39 Å². The summed E-state index contributed by atoms with van der Waals surface area (Å²) in [5, 5.41) is 0. The zero-order valence-electron chi connectivity index (χ0n) is 9.74. The summed E-state index contributed by atoms with van der Waals surface area (Å²) in [4.78, 5) is 4.84. The van der Waals surface area contributed by atoms with Crippen LogP contribution in [0.1, 0.15) is 19.6 Å². The molecule has 0 amide bonds. The molecule has 90 valence electrons. The van der Waals surface area contributed by atoms with E-state index in [0.717, 1.165) is 5.56 Å². The Labute approximate surface area is 99.0 Å². The first kappa shape index (κ1) is 11.8. The van der Waals surface area contributed by atoms with Crippen LogP contribution >= 0.6 is 0 Å². The van der Waals surface area contributed by atoms with Crippen molar-refractivity contribution < 1.29 is 13.6 Å². The van der Waals surface area contributed by atoms with Gasteiger partial charge in [-0.25, -0.2) is 10.3 Å². The molecule has 0 unspecified atom stereocenters. The van der Waals surface area contributed by atoms with Gasteiger partial charge >= 0.3 is 0 Å². The van der Waals surface area contributed by atoms with Crippen molar-refractivity contribution in [3.63, 3.8) is 0 Å². The first-order valence-electron chi connectivity index (χ1n) is 5.27. The Balaban J connectivity index is 2.33. The number of hydrogen-bond acceptors (Lipinski definition) is 3. The van der Waals surface area contributed by atoms with Crippen LogP contribution in [0.5, 0.6) is 0 Å². The predicted molar refractivity (Wildman–Crippen MR) is 62.4 cm³/mol. The van der Waals surface area contributed by atoms with Gasteiger partial charge in [-0.1, -0.05) is 0 Å². The molecule has 0 spiro atoms. The van der Waals surface area contributed by atoms with Crippen molar-refractivity contribution in [3.05, 3.63) is 48.0 Å². The highest BCUT2D eigenvalue weighted by atomic mass is 19.1. The van der Waals surface area contributed by atoms with E-state index in [1.165, 1.54) is 12.1 Å². The number of halogens is 1. The molecule has 4 heteroatoms. The SMILES string of the molecule is CC(C)(ON)c1ccc(-c2ccc(F)cc2)o1. The molecule has 2 aromatic rings. The van der Waals surface area contributed by atoms with Gasteiger partial charge in [0.15, 0.2) is 0 Å². The maximum atomic E-state index is 12.8. The second-order valence-electron chi connectivity index (χ2n) is 4.30. The van der Waals surface area contributed by atoms with Crippen molar-refractivity contribution in [3.8, 4) is 11.3 Å². The summed E-state index contributed by atoms with van der Waals surface area (Å²) in [7, 11) is 0. The van der Waals surface area contributed by atoms with Crippen molar-refractivity contribution in [1.82, 2.24) is 0 Å². The first-order chi connectivity index (χ1) is 8.03. The van der Waals surface area contributed by atoms with Gasteiger partial charge in [0, 0.05) is 5.56 Å². The van der Waals surface area contributed by atoms with Crippen LogP contribution in [0.15, 0.2) is 40.8 Å². The van der Waals surface area contributed by atoms with Crippen molar-refractivity contribution in [2.24, 2.45) is 5.90 Å². The van der Waals surface area contributed by atoms with Crippen molar-refractivity contribution in [1.29, 1.82) is 0 Å². The first-order valence-corrected chi connectivity index (χ1v) is 5.27. The second kappa shape index (κ2) is 4.31. The third-order valence-corrected chi connectivity index (χ3v) is 2.62. The summed E-state index contributed by atoms with van der Waals surface area (Å²) in [6, 6.07) is 9.71. The number of hydrogen-bond donors (Lipinski definition) is 1. The molecule has 1 heterocycles. The molecule has 0 atom stereocenters. The minimum absolute atomic E-state index is 0.272. The summed E-state index contributed by atoms with van der Waals surface area (Å²) in [5.74, 6) is 6.21. The van der Waals surface area contributed by atoms with E-state index in [2.05, 4.69) is 0 Å². The second-order valence-corrected chi connectivity index (χ2v) is 4.30. The Hall–Kier alpha value is -1.65. The van der Waals surface area contributed by atoms with Crippen molar-refractivity contribution in [2.75, 3.05) is 0 Å². The maximum Gasteiger partial charge on any atom is 0.141 e. The largest absolute Gasteiger partial charge is 0.458 e. The molecule has 1 aromatic carbocycles. The Bertz CT molecular complexity index is 502. The van der Waals surface area contributed by atoms with Gasteiger partial charge in [0.25, 0.3) is 0 Å². The highest BCUT2D eigenvalue weighted by Crippen LogP contribution is 2.29. The zero-order valence-corrected chi connectivity index (χ0v) is 9.74. The van der Waals surface area contributed by atoms with Crippen LogP contribution < -0.4 is 5.90 Å². The third kappa shape index (κ3) is 2.38. The fourth-order valence-electron chi connectivity index (χ4n) is 1.49. The number of benzene rings is 1. The van der Waals surface area contributed by atoms with Crippen molar-refractivity contribution in [2.45, 2.75) is 19.4 Å². The van der Waals surface area contributed by atoms with E-state index in [1.807, 2.05) is 6.07 Å². The normalized spacial score (nSPS) is 11.8. The quantitative estimate of drug-likeness (QED) is 0.831. The highest BCUT2D eigenvalue weighted by molar-refractivity contribution is 5.57. The Morgan fingerprint density at radius 1 is 1.12 bits per heavy atom. The topological polar surface area (TPSA) is 48.4 Å². The predicted octanol–water partition coefficient (Wildman–Crippen LogP) is 3.21. The van der Waals surface area contributed by atoms with Crippen LogP contribution in [-0.2, 0) is 10.4 Å². The molecule has 0 saturated heterocycles. The van der Waals surface area contributed by atoms with Crippen LogP contribution in [0.3, 0.4) is 0 Å². The summed E-state index contributed by atoms with van der Waals surface area (Å²) >= 11 is 0. The fourth-order valence-corrected chi connectivity index (χ4v) is 1.49. The summed E-state index contributed by atoms with van der Waals surface area (Å²) < 4.78 is 18.4. The molecular formula is C13H14FNO2. The smallest absolute Gasteiger partial charge is 0.141 e. The lowest BCUT2D eigenvalue weighted by Crippen LogP contribution is -2.24. The fraction of sp³-hybridized carbons (Fsp3) is 0.231. The summed E-state index contributed by atoms with van der Waals surface area (Å²) in [6.45, 7) is 3.61. The number of nitrogens with two attached hydrogens (primary N) is 1. The van der Waals surface area contributed by atoms with Gasteiger partial charge in [0.05, 0.1) is 0 Å². The van der Waals surface area contributed by atoms with Crippen LogP contribution in [0.25, 0.3) is 11.3 Å². The van der Waals surface area contributed by atoms with E-state index >= 15 is 0 Å². The van der Waals surface area contributed by atoms with E-state index in [-0.39, 0.29) is 5.82 Å². The van der Waals surface area contributed by atoms with E-state index < -0.39 is 5.60 Å². The Morgan fingerprint density at radius 2 is 1.76 bits per heavy atom. The monoisotopic (exact) mass is 235 g/mol. The van der Waals surface area contributed by atoms with Crippen LogP contribution in [0, 0.1) is 5.82 Å². The molecule has 0 aliphatic rings. The van der Waals surface area contributed by atoms with Gasteiger partial charge in [-0.3, -0.25) is 4.84 Å². The number of furan rings is 1. The molecule has 0 aliphatic carbocycles. The standard InChI is InChI=1S/C13H14FNO2/c1-13(2,17-15)12-8-7-11(16-12)9-3-5-10(14)6-4-9/h3-8H,15H2,1-2H3. The molecule has 0 radical (unpaired) electrons. The molecule has 0 aliphatic heterocycles. The molecule has 17 heavy (non-hydrogen) atoms. The van der Waals surface area contributed by atoms with E-state index in [9.17, 15) is 4.39 Å². The average Bonchev–Trinajstić information content (AvgIpc) is 2.80. The lowest BCUT2D eigenvalue weighted by atomic mass is 10.1. The minimum Gasteiger partial charge on any atom is -0.458 e. The van der Waals surface area contributed by atoms with Crippen molar-refractivity contribution >= 4 is 0 Å². The molecule has 0 saturated carbocycles. The average molecular weight is 235 g/mol. The van der Waals surface area contributed by atoms with Gasteiger partial charge in [-0.2, -0.15) is 0 Å². The van der Waals surface area contributed by atoms with E-state index in [4.69, 9.17) is 15.2 Å². The van der Waals surface area contributed by atoms with Gasteiger partial charge in [0.1, 0.15) is 22.9 Å². The summed E-state index contributed by atoms with van der Waals surface area (Å²) in [6.07, 6.45) is 0. The zero-order chi connectivity index (χ0) is 12.5. The van der Waals surface area contributed by atoms with Gasteiger partial charge in [-0.05, 0) is 50.2 Å². The molecule has 1 aromatic heterocycles. The minimum atomic E-state index is -0.682. The molecule has 3 nitrogen and oxygen atoms in total. The molecular weight excluding hydrogens is 221 g/mol. The highest BCUT2D eigenvalue weighted by Gasteiger charge is 2.24. The molecule has 2 rings (SSSR count). The van der Waals surface area contributed by atoms with Gasteiger partial charge in [0.2, 0.25) is 0 Å². The van der Waals surface area contributed by atoms with Crippen LogP contribution in [-0.4, -0.2) is 0 Å². The molecule has 2 N–H and O–H groups in total. The Morgan fingerprint density at radius 3 is 2.35 bits per heavy atom. The van der Waals surface area contributed by atoms with E-state index in [1.54, 1.807) is 32.0 Å². The van der Waals surface area contributed by atoms with Gasteiger partial charge in [-0.15, -0.1) is 0 Å². The Kier molecular flexibility index (Phi) is 3.00. The van der Waals surface area contributed by atoms with E-state index in [0.29, 0.717) is 11.5 Å². The molecule has 0 fully saturated rings. The van der Waals surface area contributed by atoms with Gasteiger partial charge < -0.3 is 4.42 Å².